The number of benzene rings is 2. The van der Waals surface area contributed by atoms with Crippen molar-refractivity contribution < 1.29 is 13.9 Å². The van der Waals surface area contributed by atoms with Crippen molar-refractivity contribution in [2.24, 2.45) is 0 Å². The molecule has 0 fully saturated rings. The Balaban J connectivity index is 2.31. The first-order valence-corrected chi connectivity index (χ1v) is 6.60. The van der Waals surface area contributed by atoms with Gasteiger partial charge in [-0.3, -0.25) is 0 Å². The zero-order valence-corrected chi connectivity index (χ0v) is 11.9. The monoisotopic (exact) mass is 326 g/mol. The van der Waals surface area contributed by atoms with Crippen LogP contribution in [0.15, 0.2) is 46.9 Å². The highest BCUT2D eigenvalue weighted by molar-refractivity contribution is 9.10. The predicted octanol–water partition coefficient (Wildman–Crippen LogP) is 4.18. The second-order valence-electron chi connectivity index (χ2n) is 4.70. The third-order valence-corrected chi connectivity index (χ3v) is 3.50. The lowest BCUT2D eigenvalue weighted by Crippen LogP contribution is -2.26. The van der Waals surface area contributed by atoms with Gasteiger partial charge >= 0.3 is 0 Å². The first-order valence-electron chi connectivity index (χ1n) is 5.81. The highest BCUT2D eigenvalue weighted by Crippen LogP contribution is 2.28. The maximum Gasteiger partial charge on any atom is 0.129 e. The van der Waals surface area contributed by atoms with Gasteiger partial charge in [-0.1, -0.05) is 28.1 Å². The van der Waals surface area contributed by atoms with Gasteiger partial charge in [-0.15, -0.1) is 0 Å². The fourth-order valence-corrected chi connectivity index (χ4v) is 2.27. The van der Waals surface area contributed by atoms with Crippen molar-refractivity contribution in [3.63, 3.8) is 0 Å². The molecule has 19 heavy (non-hydrogen) atoms. The van der Waals surface area contributed by atoms with Crippen LogP contribution in [0.4, 0.5) is 8.78 Å². The fourth-order valence-electron chi connectivity index (χ4n) is 2.01. The van der Waals surface area contributed by atoms with Crippen molar-refractivity contribution in [2.45, 2.75) is 18.9 Å². The summed E-state index contributed by atoms with van der Waals surface area (Å²) in [5.41, 5.74) is -0.646. The van der Waals surface area contributed by atoms with Gasteiger partial charge in [0.05, 0.1) is 5.60 Å². The van der Waals surface area contributed by atoms with Gasteiger partial charge in [0.15, 0.2) is 0 Å². The molecule has 0 aliphatic rings. The van der Waals surface area contributed by atoms with Gasteiger partial charge in [0.2, 0.25) is 0 Å². The van der Waals surface area contributed by atoms with Gasteiger partial charge in [-0.25, -0.2) is 8.78 Å². The second-order valence-corrected chi connectivity index (χ2v) is 5.62. The molecule has 0 aliphatic heterocycles. The Hall–Kier alpha value is -1.26. The Labute approximate surface area is 119 Å². The lowest BCUT2D eigenvalue weighted by atomic mass is 9.88. The molecule has 2 aromatic rings. The van der Waals surface area contributed by atoms with Gasteiger partial charge in [-0.2, -0.15) is 0 Å². The summed E-state index contributed by atoms with van der Waals surface area (Å²) < 4.78 is 27.8. The van der Waals surface area contributed by atoms with Crippen LogP contribution >= 0.6 is 15.9 Å². The third kappa shape index (κ3) is 3.39. The lowest BCUT2D eigenvalue weighted by molar-refractivity contribution is 0.0534. The smallest absolute Gasteiger partial charge is 0.129 e. The summed E-state index contributed by atoms with van der Waals surface area (Å²) in [5.74, 6) is -1.17. The van der Waals surface area contributed by atoms with Crippen LogP contribution in [0.2, 0.25) is 0 Å². The lowest BCUT2D eigenvalue weighted by Gasteiger charge is -2.24. The second kappa shape index (κ2) is 5.39. The van der Waals surface area contributed by atoms with Gasteiger partial charge in [0.25, 0.3) is 0 Å². The van der Waals surface area contributed by atoms with Crippen molar-refractivity contribution in [1.82, 2.24) is 0 Å². The SMILES string of the molecule is CC(O)(Cc1ccc(Br)cc1)c1cc(F)ccc1F. The van der Waals surface area contributed by atoms with E-state index >= 15 is 0 Å². The molecule has 2 aromatic carbocycles. The Morgan fingerprint density at radius 3 is 2.37 bits per heavy atom. The van der Waals surface area contributed by atoms with Gasteiger partial charge < -0.3 is 5.11 Å². The van der Waals surface area contributed by atoms with Crippen molar-refractivity contribution in [3.8, 4) is 0 Å². The highest BCUT2D eigenvalue weighted by atomic mass is 79.9. The van der Waals surface area contributed by atoms with E-state index in [0.717, 1.165) is 28.2 Å². The number of hydrogen-bond donors (Lipinski definition) is 1. The van der Waals surface area contributed by atoms with Crippen LogP contribution < -0.4 is 0 Å². The summed E-state index contributed by atoms with van der Waals surface area (Å²) in [4.78, 5) is 0. The molecule has 0 saturated carbocycles. The number of aliphatic hydroxyl groups is 1. The van der Waals surface area contributed by atoms with Crippen molar-refractivity contribution >= 4 is 15.9 Å². The third-order valence-electron chi connectivity index (χ3n) is 2.97. The van der Waals surface area contributed by atoms with E-state index in [0.29, 0.717) is 0 Å². The Morgan fingerprint density at radius 2 is 1.74 bits per heavy atom. The normalized spacial score (nSPS) is 14.2. The van der Waals surface area contributed by atoms with E-state index in [1.54, 1.807) is 0 Å². The summed E-state index contributed by atoms with van der Waals surface area (Å²) in [7, 11) is 0. The van der Waals surface area contributed by atoms with Crippen LogP contribution in [0.25, 0.3) is 0 Å². The molecular weight excluding hydrogens is 314 g/mol. The van der Waals surface area contributed by atoms with Gasteiger partial charge in [0.1, 0.15) is 11.6 Å². The molecule has 0 heterocycles. The molecule has 0 radical (unpaired) electrons. The molecule has 0 amide bonds. The predicted molar refractivity (Wildman–Crippen MR) is 73.8 cm³/mol. The molecule has 0 spiro atoms. The standard InChI is InChI=1S/C15H13BrF2O/c1-15(19,9-10-2-4-11(16)5-3-10)13-8-12(17)6-7-14(13)18/h2-8,19H,9H2,1H3. The molecule has 0 aliphatic carbocycles. The Bertz CT molecular complexity index is 579. The minimum atomic E-state index is -1.46. The average molecular weight is 327 g/mol. The summed E-state index contributed by atoms with van der Waals surface area (Å²) in [6.45, 7) is 1.48. The Morgan fingerprint density at radius 1 is 1.11 bits per heavy atom. The van der Waals surface area contributed by atoms with Crippen molar-refractivity contribution in [1.29, 1.82) is 0 Å². The Kier molecular flexibility index (Phi) is 4.02. The first-order chi connectivity index (χ1) is 8.88. The summed E-state index contributed by atoms with van der Waals surface area (Å²) in [6, 6.07) is 10.4. The molecule has 0 aromatic heterocycles. The van der Waals surface area contributed by atoms with E-state index in [4.69, 9.17) is 0 Å². The molecule has 0 bridgehead atoms. The average Bonchev–Trinajstić information content (AvgIpc) is 2.35. The van der Waals surface area contributed by atoms with Crippen LogP contribution in [-0.2, 0) is 12.0 Å². The quantitative estimate of drug-likeness (QED) is 0.897. The number of hydrogen-bond acceptors (Lipinski definition) is 1. The molecule has 1 N–H and O–H groups in total. The molecule has 1 nitrogen and oxygen atoms in total. The van der Waals surface area contributed by atoms with Crippen LogP contribution in [0.5, 0.6) is 0 Å². The molecule has 2 rings (SSSR count). The fraction of sp³-hybridized carbons (Fsp3) is 0.200. The van der Waals surface area contributed by atoms with E-state index < -0.39 is 17.2 Å². The van der Waals surface area contributed by atoms with Crippen LogP contribution in [0.1, 0.15) is 18.1 Å². The van der Waals surface area contributed by atoms with Crippen LogP contribution in [0, 0.1) is 11.6 Å². The molecule has 100 valence electrons. The maximum absolute atomic E-state index is 13.7. The molecular formula is C15H13BrF2O. The van der Waals surface area contributed by atoms with E-state index in [2.05, 4.69) is 15.9 Å². The van der Waals surface area contributed by atoms with Gasteiger partial charge in [0, 0.05) is 16.5 Å². The largest absolute Gasteiger partial charge is 0.385 e. The number of rotatable bonds is 3. The molecule has 4 heteroatoms. The maximum atomic E-state index is 13.7. The minimum absolute atomic E-state index is 0.0320. The minimum Gasteiger partial charge on any atom is -0.385 e. The van der Waals surface area contributed by atoms with E-state index in [9.17, 15) is 13.9 Å². The van der Waals surface area contributed by atoms with Crippen molar-refractivity contribution in [3.05, 3.63) is 69.7 Å². The van der Waals surface area contributed by atoms with Crippen LogP contribution in [0.3, 0.4) is 0 Å². The van der Waals surface area contributed by atoms with Gasteiger partial charge in [-0.05, 0) is 42.8 Å². The van der Waals surface area contributed by atoms with E-state index in [1.165, 1.54) is 6.92 Å². The highest BCUT2D eigenvalue weighted by Gasteiger charge is 2.27. The zero-order valence-electron chi connectivity index (χ0n) is 10.3. The first kappa shape index (κ1) is 14.2. The molecule has 1 unspecified atom stereocenters. The zero-order chi connectivity index (χ0) is 14.0. The topological polar surface area (TPSA) is 20.2 Å². The molecule has 0 saturated heterocycles. The molecule has 1 atom stereocenters. The number of halogens is 3. The van der Waals surface area contributed by atoms with Crippen LogP contribution in [-0.4, -0.2) is 5.11 Å². The van der Waals surface area contributed by atoms with E-state index in [-0.39, 0.29) is 12.0 Å². The summed E-state index contributed by atoms with van der Waals surface area (Å²) in [6.07, 6.45) is 0.209. The van der Waals surface area contributed by atoms with E-state index in [1.807, 2.05) is 24.3 Å². The summed E-state index contributed by atoms with van der Waals surface area (Å²) in [5, 5.41) is 10.4. The summed E-state index contributed by atoms with van der Waals surface area (Å²) >= 11 is 3.32. The van der Waals surface area contributed by atoms with Crippen molar-refractivity contribution in [2.75, 3.05) is 0 Å².